The summed E-state index contributed by atoms with van der Waals surface area (Å²) in [6.45, 7) is 6.50. The van der Waals surface area contributed by atoms with Crippen LogP contribution >= 0.6 is 0 Å². The number of nitro benzene ring substituents is 1. The summed E-state index contributed by atoms with van der Waals surface area (Å²) in [5.74, 6) is -1.23. The van der Waals surface area contributed by atoms with Gasteiger partial charge in [0.2, 0.25) is 0 Å². The highest BCUT2D eigenvalue weighted by Crippen LogP contribution is 2.25. The average molecular weight is 269 g/mol. The molecule has 0 saturated heterocycles. The van der Waals surface area contributed by atoms with Crippen LogP contribution in [0.2, 0.25) is 0 Å². The molecule has 1 aromatic carbocycles. The van der Waals surface area contributed by atoms with Gasteiger partial charge in [-0.05, 0) is 39.8 Å². The molecule has 0 aromatic heterocycles. The van der Waals surface area contributed by atoms with E-state index < -0.39 is 22.3 Å². The zero-order valence-electron chi connectivity index (χ0n) is 11.3. The summed E-state index contributed by atoms with van der Waals surface area (Å²) in [6.07, 6.45) is -0.327. The fraction of sp³-hybridized carbons (Fsp3) is 0.462. The van der Waals surface area contributed by atoms with Crippen molar-refractivity contribution in [2.75, 3.05) is 0 Å². The third-order valence-corrected chi connectivity index (χ3v) is 2.28. The van der Waals surface area contributed by atoms with Crippen molar-refractivity contribution >= 4 is 11.7 Å². The van der Waals surface area contributed by atoms with Gasteiger partial charge < -0.3 is 4.74 Å². The van der Waals surface area contributed by atoms with Gasteiger partial charge in [0.1, 0.15) is 11.4 Å². The molecular formula is C13H16FNO4. The van der Waals surface area contributed by atoms with Crippen LogP contribution in [-0.2, 0) is 16.0 Å². The minimum absolute atomic E-state index is 0.0248. The highest BCUT2D eigenvalue weighted by molar-refractivity contribution is 5.75. The lowest BCUT2D eigenvalue weighted by Gasteiger charge is -2.19. The molecule has 0 saturated carbocycles. The van der Waals surface area contributed by atoms with Crippen molar-refractivity contribution in [3.8, 4) is 0 Å². The summed E-state index contributed by atoms with van der Waals surface area (Å²) in [6, 6.07) is 2.06. The normalized spacial score (nSPS) is 11.2. The summed E-state index contributed by atoms with van der Waals surface area (Å²) in [5.41, 5.74) is -0.721. The second-order valence-corrected chi connectivity index (χ2v) is 5.25. The molecule has 0 aliphatic carbocycles. The fourth-order valence-electron chi connectivity index (χ4n) is 1.73. The van der Waals surface area contributed by atoms with Crippen molar-refractivity contribution in [1.29, 1.82) is 0 Å². The number of rotatable bonds is 3. The Bertz CT molecular complexity index is 520. The van der Waals surface area contributed by atoms with Crippen LogP contribution in [-0.4, -0.2) is 16.5 Å². The van der Waals surface area contributed by atoms with Gasteiger partial charge in [-0.3, -0.25) is 14.9 Å². The number of benzene rings is 1. The number of hydrogen-bond donors (Lipinski definition) is 0. The van der Waals surface area contributed by atoms with Crippen LogP contribution in [0.15, 0.2) is 12.1 Å². The summed E-state index contributed by atoms with van der Waals surface area (Å²) in [5, 5.41) is 11.0. The number of halogens is 1. The van der Waals surface area contributed by atoms with Crippen LogP contribution in [0, 0.1) is 22.9 Å². The molecule has 0 atom stereocenters. The quantitative estimate of drug-likeness (QED) is 0.480. The molecule has 0 fully saturated rings. The largest absolute Gasteiger partial charge is 0.460 e. The number of nitrogens with zero attached hydrogens (tertiary/aromatic N) is 1. The fourth-order valence-corrected chi connectivity index (χ4v) is 1.73. The Morgan fingerprint density at radius 1 is 1.42 bits per heavy atom. The Kier molecular flexibility index (Phi) is 4.24. The number of ether oxygens (including phenoxy) is 1. The van der Waals surface area contributed by atoms with E-state index in [0.29, 0.717) is 0 Å². The number of carbonyl (C=O) groups is 1. The van der Waals surface area contributed by atoms with Crippen LogP contribution in [0.3, 0.4) is 0 Å². The van der Waals surface area contributed by atoms with Crippen molar-refractivity contribution in [3.63, 3.8) is 0 Å². The first-order valence-electron chi connectivity index (χ1n) is 5.75. The highest BCUT2D eigenvalue weighted by atomic mass is 19.1. The van der Waals surface area contributed by atoms with E-state index in [1.54, 1.807) is 20.8 Å². The van der Waals surface area contributed by atoms with Crippen molar-refractivity contribution in [1.82, 2.24) is 0 Å². The van der Waals surface area contributed by atoms with Gasteiger partial charge in [-0.1, -0.05) is 0 Å². The van der Waals surface area contributed by atoms with E-state index in [1.807, 2.05) is 0 Å². The van der Waals surface area contributed by atoms with Crippen molar-refractivity contribution in [3.05, 3.63) is 39.2 Å². The first-order valence-corrected chi connectivity index (χ1v) is 5.75. The molecule has 0 heterocycles. The number of carbonyl (C=O) groups excluding carboxylic acids is 1. The van der Waals surface area contributed by atoms with Crippen LogP contribution < -0.4 is 0 Å². The maximum Gasteiger partial charge on any atom is 0.311 e. The maximum atomic E-state index is 13.3. The van der Waals surface area contributed by atoms with Crippen LogP contribution in [0.1, 0.15) is 31.9 Å². The molecule has 6 heteroatoms. The molecule has 19 heavy (non-hydrogen) atoms. The lowest BCUT2D eigenvalue weighted by atomic mass is 10.0. The number of hydrogen-bond acceptors (Lipinski definition) is 4. The molecule has 0 bridgehead atoms. The van der Waals surface area contributed by atoms with E-state index in [1.165, 1.54) is 6.92 Å². The molecule has 0 unspecified atom stereocenters. The molecule has 0 N–H and O–H groups in total. The van der Waals surface area contributed by atoms with Crippen molar-refractivity contribution < 1.29 is 18.8 Å². The average Bonchev–Trinajstić information content (AvgIpc) is 2.10. The van der Waals surface area contributed by atoms with E-state index in [9.17, 15) is 19.3 Å². The molecule has 5 nitrogen and oxygen atoms in total. The molecule has 0 radical (unpaired) electrons. The molecule has 0 aliphatic rings. The topological polar surface area (TPSA) is 69.4 Å². The number of aryl methyl sites for hydroxylation is 1. The van der Waals surface area contributed by atoms with Gasteiger partial charge in [0.05, 0.1) is 11.3 Å². The minimum Gasteiger partial charge on any atom is -0.460 e. The van der Waals surface area contributed by atoms with Crippen molar-refractivity contribution in [2.45, 2.75) is 39.7 Å². The molecule has 0 amide bonds. The monoisotopic (exact) mass is 269 g/mol. The van der Waals surface area contributed by atoms with Gasteiger partial charge in [-0.25, -0.2) is 4.39 Å². The zero-order chi connectivity index (χ0) is 14.8. The van der Waals surface area contributed by atoms with Gasteiger partial charge in [-0.15, -0.1) is 0 Å². The minimum atomic E-state index is -0.686. The van der Waals surface area contributed by atoms with E-state index in [4.69, 9.17) is 4.74 Å². The summed E-state index contributed by atoms with van der Waals surface area (Å²) in [7, 11) is 0. The van der Waals surface area contributed by atoms with E-state index >= 15 is 0 Å². The molecule has 1 aromatic rings. The van der Waals surface area contributed by atoms with E-state index in [-0.39, 0.29) is 23.2 Å². The van der Waals surface area contributed by atoms with Gasteiger partial charge >= 0.3 is 5.97 Å². The number of esters is 1. The smallest absolute Gasteiger partial charge is 0.311 e. The lowest BCUT2D eigenvalue weighted by molar-refractivity contribution is -0.386. The Morgan fingerprint density at radius 2 is 2.00 bits per heavy atom. The van der Waals surface area contributed by atoms with Gasteiger partial charge in [0.15, 0.2) is 0 Å². The highest BCUT2D eigenvalue weighted by Gasteiger charge is 2.23. The Balaban J connectivity index is 3.07. The summed E-state index contributed by atoms with van der Waals surface area (Å²) >= 11 is 0. The Labute approximate surface area is 110 Å². The first-order chi connectivity index (χ1) is 8.60. The maximum absolute atomic E-state index is 13.3. The first kappa shape index (κ1) is 15.1. The second-order valence-electron chi connectivity index (χ2n) is 5.25. The standard InChI is InChI=1S/C13H16FNO4/c1-8-5-10(14)6-9(12(8)15(17)18)7-11(16)19-13(2,3)4/h5-6H,7H2,1-4H3. The van der Waals surface area contributed by atoms with E-state index in [2.05, 4.69) is 0 Å². The lowest BCUT2D eigenvalue weighted by Crippen LogP contribution is -2.25. The van der Waals surface area contributed by atoms with Gasteiger partial charge in [-0.2, -0.15) is 0 Å². The van der Waals surface area contributed by atoms with Gasteiger partial charge in [0.25, 0.3) is 5.69 Å². The van der Waals surface area contributed by atoms with Crippen molar-refractivity contribution in [2.24, 2.45) is 0 Å². The summed E-state index contributed by atoms with van der Waals surface area (Å²) in [4.78, 5) is 22.0. The molecule has 1 rings (SSSR count). The molecular weight excluding hydrogens is 253 g/mol. The number of nitro groups is 1. The molecule has 0 spiro atoms. The van der Waals surface area contributed by atoms with Crippen LogP contribution in [0.5, 0.6) is 0 Å². The molecule has 0 aliphatic heterocycles. The van der Waals surface area contributed by atoms with E-state index in [0.717, 1.165) is 12.1 Å². The predicted molar refractivity (Wildman–Crippen MR) is 67.3 cm³/mol. The third kappa shape index (κ3) is 4.31. The van der Waals surface area contributed by atoms with Crippen LogP contribution in [0.25, 0.3) is 0 Å². The van der Waals surface area contributed by atoms with Crippen LogP contribution in [0.4, 0.5) is 10.1 Å². The second kappa shape index (κ2) is 5.34. The zero-order valence-corrected chi connectivity index (χ0v) is 11.3. The van der Waals surface area contributed by atoms with Gasteiger partial charge in [0, 0.05) is 11.1 Å². The molecule has 104 valence electrons. The SMILES string of the molecule is Cc1cc(F)cc(CC(=O)OC(C)(C)C)c1[N+](=O)[O-]. The Morgan fingerprint density at radius 3 is 2.47 bits per heavy atom. The predicted octanol–water partition coefficient (Wildman–Crippen LogP) is 2.93. The third-order valence-electron chi connectivity index (χ3n) is 2.28. The Hall–Kier alpha value is -1.98. The summed E-state index contributed by atoms with van der Waals surface area (Å²) < 4.78 is 18.4.